The van der Waals surface area contributed by atoms with Crippen molar-refractivity contribution in [1.29, 1.82) is 0 Å². The van der Waals surface area contributed by atoms with E-state index in [1.165, 1.54) is 6.92 Å². The van der Waals surface area contributed by atoms with E-state index in [1.54, 1.807) is 21.3 Å². The monoisotopic (exact) mass is 620 g/mol. The van der Waals surface area contributed by atoms with Gasteiger partial charge in [-0.2, -0.15) is 0 Å². The summed E-state index contributed by atoms with van der Waals surface area (Å²) in [6.07, 6.45) is -5.22. The average molecular weight is 621 g/mol. The van der Waals surface area contributed by atoms with E-state index < -0.39 is 67.6 Å². The maximum Gasteiger partial charge on any atom is 0.303 e. The molecule has 4 aliphatic heterocycles. The Morgan fingerprint density at radius 2 is 0.977 bits per heavy atom. The SMILES string of the molecule is CO[C@H]1C[C@H](O[C@H]2[C@@H](OC)C[C@H](O[C@H]3[C@H](O)C[C@H](O[C@H]4[C@@H](OC)C[C@H](C)O[C@@H]4C)O[C@@H]3C)O[C@@H]2C)O[C@H](C)[C@H]1OC(C)=O. The molecule has 4 heterocycles. The number of rotatable bonds is 10. The summed E-state index contributed by atoms with van der Waals surface area (Å²) in [5, 5.41) is 11.1. The minimum absolute atomic E-state index is 0.0777. The van der Waals surface area contributed by atoms with E-state index in [2.05, 4.69) is 0 Å². The maximum absolute atomic E-state index is 11.5. The van der Waals surface area contributed by atoms with Gasteiger partial charge in [0.1, 0.15) is 24.4 Å². The van der Waals surface area contributed by atoms with E-state index in [9.17, 15) is 9.90 Å². The molecule has 0 radical (unpaired) electrons. The zero-order chi connectivity index (χ0) is 31.4. The number of esters is 1. The molecule has 0 saturated carbocycles. The van der Waals surface area contributed by atoms with Gasteiger partial charge < -0.3 is 57.2 Å². The quantitative estimate of drug-likeness (QED) is 0.357. The largest absolute Gasteiger partial charge is 0.457 e. The first-order chi connectivity index (χ1) is 20.4. The minimum Gasteiger partial charge on any atom is -0.457 e. The fourth-order valence-corrected chi connectivity index (χ4v) is 6.72. The van der Waals surface area contributed by atoms with Gasteiger partial charge in [-0.15, -0.1) is 0 Å². The molecule has 0 bridgehead atoms. The lowest BCUT2D eigenvalue weighted by Gasteiger charge is -2.46. The van der Waals surface area contributed by atoms with Crippen LogP contribution < -0.4 is 0 Å². The van der Waals surface area contributed by atoms with Crippen molar-refractivity contribution < 1.29 is 62.0 Å². The Balaban J connectivity index is 1.31. The highest BCUT2D eigenvalue weighted by Gasteiger charge is 2.47. The van der Waals surface area contributed by atoms with E-state index >= 15 is 0 Å². The molecule has 1 N–H and O–H groups in total. The second-order valence-electron chi connectivity index (χ2n) is 12.2. The van der Waals surface area contributed by atoms with Gasteiger partial charge in [0.25, 0.3) is 0 Å². The summed E-state index contributed by atoms with van der Waals surface area (Å²) in [7, 11) is 4.86. The molecular weight excluding hydrogens is 568 g/mol. The molecular formula is C30H52O13. The molecule has 4 rings (SSSR count). The van der Waals surface area contributed by atoms with Crippen molar-refractivity contribution in [2.75, 3.05) is 21.3 Å². The molecule has 13 heteroatoms. The van der Waals surface area contributed by atoms with Crippen molar-refractivity contribution in [3.63, 3.8) is 0 Å². The Bertz CT molecular complexity index is 865. The van der Waals surface area contributed by atoms with Crippen LogP contribution in [-0.2, 0) is 56.9 Å². The first-order valence-corrected chi connectivity index (χ1v) is 15.5. The number of hydrogen-bond acceptors (Lipinski definition) is 13. The fourth-order valence-electron chi connectivity index (χ4n) is 6.72. The summed E-state index contributed by atoms with van der Waals surface area (Å²) in [6, 6.07) is 0. The molecule has 13 nitrogen and oxygen atoms in total. The minimum atomic E-state index is -0.837. The maximum atomic E-state index is 11.5. The van der Waals surface area contributed by atoms with Crippen molar-refractivity contribution in [3.8, 4) is 0 Å². The third-order valence-electron chi connectivity index (χ3n) is 8.86. The lowest BCUT2D eigenvalue weighted by atomic mass is 9.98. The van der Waals surface area contributed by atoms with Crippen LogP contribution in [0.4, 0.5) is 0 Å². The van der Waals surface area contributed by atoms with Crippen molar-refractivity contribution in [2.24, 2.45) is 0 Å². The molecule has 43 heavy (non-hydrogen) atoms. The van der Waals surface area contributed by atoms with Crippen LogP contribution in [-0.4, -0.2) is 131 Å². The summed E-state index contributed by atoms with van der Waals surface area (Å²) < 4.78 is 65.7. The Labute approximate surface area is 255 Å². The number of ether oxygens (including phenoxy) is 11. The third-order valence-corrected chi connectivity index (χ3v) is 8.86. The van der Waals surface area contributed by atoms with Gasteiger partial charge in [0, 0.05) is 53.9 Å². The van der Waals surface area contributed by atoms with Gasteiger partial charge in [-0.25, -0.2) is 0 Å². The van der Waals surface area contributed by atoms with E-state index in [0.717, 1.165) is 6.42 Å². The molecule has 4 aliphatic rings. The number of aliphatic hydroxyl groups is 1. The van der Waals surface area contributed by atoms with Gasteiger partial charge in [0.05, 0.1) is 48.8 Å². The molecule has 250 valence electrons. The normalized spacial score (nSPS) is 47.7. The molecule has 0 spiro atoms. The Morgan fingerprint density at radius 1 is 0.581 bits per heavy atom. The van der Waals surface area contributed by atoms with Crippen LogP contribution >= 0.6 is 0 Å². The Morgan fingerprint density at radius 3 is 1.47 bits per heavy atom. The molecule has 0 amide bonds. The number of aliphatic hydroxyl groups excluding tert-OH is 1. The zero-order valence-electron chi connectivity index (χ0n) is 26.9. The summed E-state index contributed by atoms with van der Waals surface area (Å²) >= 11 is 0. The first kappa shape index (κ1) is 34.9. The summed E-state index contributed by atoms with van der Waals surface area (Å²) in [5.41, 5.74) is 0. The fraction of sp³-hybridized carbons (Fsp3) is 0.967. The molecule has 0 aromatic rings. The second kappa shape index (κ2) is 15.5. The number of carbonyl (C=O) groups excluding carboxylic acids is 1. The van der Waals surface area contributed by atoms with Gasteiger partial charge in [-0.05, 0) is 34.6 Å². The lowest BCUT2D eigenvalue weighted by molar-refractivity contribution is -0.341. The highest BCUT2D eigenvalue weighted by Crippen LogP contribution is 2.34. The topological polar surface area (TPSA) is 139 Å². The number of methoxy groups -OCH3 is 3. The molecule has 16 atom stereocenters. The van der Waals surface area contributed by atoms with E-state index in [4.69, 9.17) is 52.1 Å². The Hall–Kier alpha value is -0.970. The van der Waals surface area contributed by atoms with Crippen LogP contribution in [0.3, 0.4) is 0 Å². The highest BCUT2D eigenvalue weighted by molar-refractivity contribution is 5.66. The van der Waals surface area contributed by atoms with Crippen LogP contribution in [0.15, 0.2) is 0 Å². The van der Waals surface area contributed by atoms with Crippen LogP contribution in [0, 0.1) is 0 Å². The molecule has 4 saturated heterocycles. The zero-order valence-corrected chi connectivity index (χ0v) is 26.9. The lowest BCUT2D eigenvalue weighted by Crippen LogP contribution is -2.57. The van der Waals surface area contributed by atoms with Crippen molar-refractivity contribution >= 4 is 5.97 Å². The molecule has 0 unspecified atom stereocenters. The predicted octanol–water partition coefficient (Wildman–Crippen LogP) is 2.08. The van der Waals surface area contributed by atoms with Crippen LogP contribution in [0.5, 0.6) is 0 Å². The average Bonchev–Trinajstić information content (AvgIpc) is 2.94. The smallest absolute Gasteiger partial charge is 0.303 e. The van der Waals surface area contributed by atoms with Gasteiger partial charge in [-0.1, -0.05) is 0 Å². The van der Waals surface area contributed by atoms with Crippen molar-refractivity contribution in [2.45, 2.75) is 165 Å². The van der Waals surface area contributed by atoms with Crippen molar-refractivity contribution in [3.05, 3.63) is 0 Å². The summed E-state index contributed by atoms with van der Waals surface area (Å²) in [4.78, 5) is 11.5. The van der Waals surface area contributed by atoms with E-state index in [-0.39, 0.29) is 43.0 Å². The number of carbonyl (C=O) groups is 1. The Kier molecular flexibility index (Phi) is 12.6. The van der Waals surface area contributed by atoms with Crippen LogP contribution in [0.1, 0.15) is 67.2 Å². The van der Waals surface area contributed by atoms with Crippen LogP contribution in [0.2, 0.25) is 0 Å². The van der Waals surface area contributed by atoms with Gasteiger partial charge in [0.2, 0.25) is 0 Å². The predicted molar refractivity (Wildman–Crippen MR) is 150 cm³/mol. The van der Waals surface area contributed by atoms with E-state index in [0.29, 0.717) is 12.8 Å². The van der Waals surface area contributed by atoms with Gasteiger partial charge in [-0.3, -0.25) is 4.79 Å². The van der Waals surface area contributed by atoms with Crippen molar-refractivity contribution in [1.82, 2.24) is 0 Å². The number of hydrogen-bond donors (Lipinski definition) is 1. The standard InChI is InChI=1S/C30H52O13/c1-14-10-21(33-7)29(16(3)36-14)42-24-11-20(32)27(15(2)37-24)41-25-13-23(35-9)30(18(5)39-25)43-26-12-22(34-8)28(17(4)38-26)40-19(6)31/h14-18,20-30,32H,10-13H2,1-9H3/t14-,15+,16+,17+,18+,20+,21-,22-,23-,24-,25-,26-,27+,28+,29+,30+/m0/s1. The summed E-state index contributed by atoms with van der Waals surface area (Å²) in [6.45, 7) is 10.9. The third kappa shape index (κ3) is 8.64. The highest BCUT2D eigenvalue weighted by atomic mass is 16.7. The molecule has 4 fully saturated rings. The van der Waals surface area contributed by atoms with Gasteiger partial charge >= 0.3 is 5.97 Å². The second-order valence-corrected chi connectivity index (χ2v) is 12.2. The molecule has 0 aromatic heterocycles. The van der Waals surface area contributed by atoms with Gasteiger partial charge in [0.15, 0.2) is 25.0 Å². The molecule has 0 aromatic carbocycles. The van der Waals surface area contributed by atoms with Crippen LogP contribution in [0.25, 0.3) is 0 Å². The molecule has 0 aliphatic carbocycles. The van der Waals surface area contributed by atoms with E-state index in [1.807, 2.05) is 34.6 Å². The summed E-state index contributed by atoms with van der Waals surface area (Å²) in [5.74, 6) is -0.393. The first-order valence-electron chi connectivity index (χ1n) is 15.5.